The second-order valence-electron chi connectivity index (χ2n) is 6.05. The van der Waals surface area contributed by atoms with Gasteiger partial charge in [-0.05, 0) is 49.7 Å². The Balaban J connectivity index is 1.51. The summed E-state index contributed by atoms with van der Waals surface area (Å²) in [6.45, 7) is 3.05. The van der Waals surface area contributed by atoms with E-state index in [1.165, 1.54) is 12.0 Å². The molecule has 0 amide bonds. The quantitative estimate of drug-likeness (QED) is 0.865. The molecule has 4 rings (SSSR count). The lowest BCUT2D eigenvalue weighted by Crippen LogP contribution is -2.15. The van der Waals surface area contributed by atoms with Crippen LogP contribution >= 0.6 is 0 Å². The molecule has 3 heterocycles. The molecule has 1 atom stereocenters. The van der Waals surface area contributed by atoms with Crippen LogP contribution in [0.4, 0.5) is 0 Å². The molecule has 2 aliphatic heterocycles. The minimum Gasteiger partial charge on any atom is -0.493 e. The third-order valence-electron chi connectivity index (χ3n) is 4.37. The maximum Gasteiger partial charge on any atom is 0.227 e. The van der Waals surface area contributed by atoms with E-state index in [9.17, 15) is 0 Å². The van der Waals surface area contributed by atoms with Gasteiger partial charge >= 0.3 is 0 Å². The summed E-state index contributed by atoms with van der Waals surface area (Å²) in [6.07, 6.45) is 3.05. The normalized spacial score (nSPS) is 21.5. The van der Waals surface area contributed by atoms with Crippen molar-refractivity contribution in [3.8, 4) is 17.1 Å². The van der Waals surface area contributed by atoms with Crippen molar-refractivity contribution in [3.63, 3.8) is 0 Å². The fraction of sp³-hybridized carbons (Fsp3) is 0.500. The molecule has 1 fully saturated rings. The second-order valence-corrected chi connectivity index (χ2v) is 6.05. The number of fused-ring (bicyclic) bond motifs is 1. The van der Waals surface area contributed by atoms with Gasteiger partial charge in [0.05, 0.1) is 6.61 Å². The maximum absolute atomic E-state index is 5.52. The Hall–Kier alpha value is -1.88. The van der Waals surface area contributed by atoms with Crippen LogP contribution in [0.3, 0.4) is 0 Å². The van der Waals surface area contributed by atoms with Crippen LogP contribution in [-0.4, -0.2) is 41.8 Å². The Bertz CT molecular complexity index is 653. The molecule has 0 N–H and O–H groups in total. The van der Waals surface area contributed by atoms with Gasteiger partial charge in [-0.1, -0.05) is 5.16 Å². The average molecular weight is 285 g/mol. The Morgan fingerprint density at radius 1 is 1.38 bits per heavy atom. The SMILES string of the molecule is CN1CCC(Cc2nc(-c3ccc4c(c3)CCO4)no2)C1. The van der Waals surface area contributed by atoms with Crippen molar-refractivity contribution in [2.24, 2.45) is 5.92 Å². The van der Waals surface area contributed by atoms with Crippen LogP contribution in [0.1, 0.15) is 17.9 Å². The Labute approximate surface area is 123 Å². The first-order valence-electron chi connectivity index (χ1n) is 7.55. The van der Waals surface area contributed by atoms with Crippen LogP contribution < -0.4 is 4.74 Å². The predicted molar refractivity (Wildman–Crippen MR) is 78.2 cm³/mol. The van der Waals surface area contributed by atoms with Gasteiger partial charge in [-0.3, -0.25) is 0 Å². The van der Waals surface area contributed by atoms with Crippen LogP contribution in [0.2, 0.25) is 0 Å². The van der Waals surface area contributed by atoms with E-state index in [0.717, 1.165) is 49.7 Å². The molecule has 0 saturated carbocycles. The van der Waals surface area contributed by atoms with Crippen LogP contribution in [0.15, 0.2) is 22.7 Å². The molecule has 0 spiro atoms. The number of rotatable bonds is 3. The molecule has 5 heteroatoms. The fourth-order valence-electron chi connectivity index (χ4n) is 3.22. The van der Waals surface area contributed by atoms with Gasteiger partial charge < -0.3 is 14.2 Å². The zero-order valence-corrected chi connectivity index (χ0v) is 12.2. The van der Waals surface area contributed by atoms with Crippen LogP contribution in [0.5, 0.6) is 5.75 Å². The summed E-state index contributed by atoms with van der Waals surface area (Å²) in [4.78, 5) is 6.91. The highest BCUT2D eigenvalue weighted by Crippen LogP contribution is 2.29. The van der Waals surface area contributed by atoms with E-state index >= 15 is 0 Å². The Kier molecular flexibility index (Phi) is 3.15. The summed E-state index contributed by atoms with van der Waals surface area (Å²) >= 11 is 0. The molecule has 1 saturated heterocycles. The monoisotopic (exact) mass is 285 g/mol. The summed E-state index contributed by atoms with van der Waals surface area (Å²) in [5.41, 5.74) is 2.24. The first kappa shape index (κ1) is 12.8. The summed E-state index contributed by atoms with van der Waals surface area (Å²) in [5, 5.41) is 4.13. The van der Waals surface area contributed by atoms with Crippen molar-refractivity contribution >= 4 is 0 Å². The smallest absolute Gasteiger partial charge is 0.227 e. The minimum absolute atomic E-state index is 0.636. The molecule has 0 aliphatic carbocycles. The number of likely N-dealkylation sites (tertiary alicyclic amines) is 1. The van der Waals surface area contributed by atoms with Gasteiger partial charge in [-0.2, -0.15) is 4.98 Å². The third kappa shape index (κ3) is 2.53. The van der Waals surface area contributed by atoms with Gasteiger partial charge in [0.2, 0.25) is 11.7 Å². The first-order valence-corrected chi connectivity index (χ1v) is 7.55. The zero-order chi connectivity index (χ0) is 14.2. The van der Waals surface area contributed by atoms with E-state index in [1.54, 1.807) is 0 Å². The number of hydrogen-bond donors (Lipinski definition) is 0. The topological polar surface area (TPSA) is 51.4 Å². The van der Waals surface area contributed by atoms with E-state index < -0.39 is 0 Å². The lowest BCUT2D eigenvalue weighted by Gasteiger charge is -2.06. The molecule has 0 radical (unpaired) electrons. The summed E-state index contributed by atoms with van der Waals surface area (Å²) in [7, 11) is 2.16. The average Bonchev–Trinajstić information content (AvgIpc) is 3.19. The second kappa shape index (κ2) is 5.15. The summed E-state index contributed by atoms with van der Waals surface area (Å²) in [5.74, 6) is 3.06. The Morgan fingerprint density at radius 2 is 2.33 bits per heavy atom. The summed E-state index contributed by atoms with van der Waals surface area (Å²) < 4.78 is 10.9. The highest BCUT2D eigenvalue weighted by atomic mass is 16.5. The van der Waals surface area contributed by atoms with Crippen LogP contribution in [0, 0.1) is 5.92 Å². The number of nitrogens with zero attached hydrogens (tertiary/aromatic N) is 3. The maximum atomic E-state index is 5.52. The van der Waals surface area contributed by atoms with E-state index in [2.05, 4.69) is 28.2 Å². The van der Waals surface area contributed by atoms with Gasteiger partial charge in [0.15, 0.2) is 0 Å². The van der Waals surface area contributed by atoms with Crippen molar-refractivity contribution in [1.82, 2.24) is 15.0 Å². The molecule has 1 aromatic carbocycles. The van der Waals surface area contributed by atoms with Crippen molar-refractivity contribution in [2.75, 3.05) is 26.7 Å². The number of aromatic nitrogens is 2. The van der Waals surface area contributed by atoms with E-state index in [0.29, 0.717) is 11.7 Å². The lowest BCUT2D eigenvalue weighted by atomic mass is 10.1. The highest BCUT2D eigenvalue weighted by molar-refractivity contribution is 5.59. The molecule has 2 aliphatic rings. The summed E-state index contributed by atoms with van der Waals surface area (Å²) in [6, 6.07) is 6.11. The Morgan fingerprint density at radius 3 is 3.19 bits per heavy atom. The van der Waals surface area contributed by atoms with Crippen molar-refractivity contribution < 1.29 is 9.26 Å². The molecule has 0 bridgehead atoms. The van der Waals surface area contributed by atoms with Gasteiger partial charge in [0, 0.05) is 24.9 Å². The number of ether oxygens (including phenoxy) is 1. The van der Waals surface area contributed by atoms with E-state index in [-0.39, 0.29) is 0 Å². The number of hydrogen-bond acceptors (Lipinski definition) is 5. The standard InChI is InChI=1S/C16H19N3O2/c1-19-6-4-11(10-19)8-15-17-16(18-21-15)13-2-3-14-12(9-13)5-7-20-14/h2-3,9,11H,4-8,10H2,1H3. The number of benzene rings is 1. The largest absolute Gasteiger partial charge is 0.493 e. The molecule has 21 heavy (non-hydrogen) atoms. The van der Waals surface area contributed by atoms with Gasteiger partial charge in [-0.15, -0.1) is 0 Å². The molecule has 1 aromatic heterocycles. The van der Waals surface area contributed by atoms with Crippen LogP contribution in [0.25, 0.3) is 11.4 Å². The fourth-order valence-corrected chi connectivity index (χ4v) is 3.22. The molecular formula is C16H19N3O2. The molecule has 110 valence electrons. The first-order chi connectivity index (χ1) is 10.3. The predicted octanol–water partition coefficient (Wildman–Crippen LogP) is 2.17. The zero-order valence-electron chi connectivity index (χ0n) is 12.2. The molecule has 1 unspecified atom stereocenters. The third-order valence-corrected chi connectivity index (χ3v) is 4.37. The van der Waals surface area contributed by atoms with Crippen molar-refractivity contribution in [2.45, 2.75) is 19.3 Å². The van der Waals surface area contributed by atoms with E-state index in [1.807, 2.05) is 12.1 Å². The molecular weight excluding hydrogens is 266 g/mol. The minimum atomic E-state index is 0.636. The van der Waals surface area contributed by atoms with Gasteiger partial charge in [0.1, 0.15) is 5.75 Å². The highest BCUT2D eigenvalue weighted by Gasteiger charge is 2.22. The molecule has 5 nitrogen and oxygen atoms in total. The van der Waals surface area contributed by atoms with E-state index in [4.69, 9.17) is 9.26 Å². The van der Waals surface area contributed by atoms with Crippen molar-refractivity contribution in [3.05, 3.63) is 29.7 Å². The van der Waals surface area contributed by atoms with Crippen LogP contribution in [-0.2, 0) is 12.8 Å². The van der Waals surface area contributed by atoms with Gasteiger partial charge in [0.25, 0.3) is 0 Å². The lowest BCUT2D eigenvalue weighted by molar-refractivity contribution is 0.343. The van der Waals surface area contributed by atoms with Crippen molar-refractivity contribution in [1.29, 1.82) is 0 Å². The van der Waals surface area contributed by atoms with Gasteiger partial charge in [-0.25, -0.2) is 0 Å². The molecule has 2 aromatic rings.